The van der Waals surface area contributed by atoms with Gasteiger partial charge in [0.2, 0.25) is 0 Å². The van der Waals surface area contributed by atoms with Crippen LogP contribution in [0.25, 0.3) is 0 Å². The van der Waals surface area contributed by atoms with Gasteiger partial charge in [-0.15, -0.1) is 11.3 Å². The van der Waals surface area contributed by atoms with Gasteiger partial charge in [0, 0.05) is 11.1 Å². The van der Waals surface area contributed by atoms with Crippen molar-refractivity contribution in [2.24, 2.45) is 0 Å². The number of aromatic nitrogens is 1. The summed E-state index contributed by atoms with van der Waals surface area (Å²) < 4.78 is 18.4. The van der Waals surface area contributed by atoms with Crippen molar-refractivity contribution in [3.63, 3.8) is 0 Å². The highest BCUT2D eigenvalue weighted by Gasteiger charge is 2.14. The summed E-state index contributed by atoms with van der Waals surface area (Å²) in [6, 6.07) is 11.9. The Morgan fingerprint density at radius 3 is 2.57 bits per heavy atom. The van der Waals surface area contributed by atoms with Crippen LogP contribution in [0, 0.1) is 5.82 Å². The fourth-order valence-electron chi connectivity index (χ4n) is 2.27. The molecule has 2 aromatic carbocycles. The summed E-state index contributed by atoms with van der Waals surface area (Å²) in [5, 5.41) is 9.61. The summed E-state index contributed by atoms with van der Waals surface area (Å²) >= 11 is 1.11. The normalized spacial score (nSPS) is 10.2. The molecule has 0 spiro atoms. The number of carbonyl (C=O) groups excluding carboxylic acids is 2. The van der Waals surface area contributed by atoms with E-state index >= 15 is 0 Å². The van der Waals surface area contributed by atoms with E-state index in [0.29, 0.717) is 23.7 Å². The third-order valence-electron chi connectivity index (χ3n) is 3.49. The molecule has 0 aliphatic carbocycles. The minimum atomic E-state index is -0.547. The zero-order valence-electron chi connectivity index (χ0n) is 14.9. The molecule has 1 heterocycles. The van der Waals surface area contributed by atoms with Crippen LogP contribution in [-0.4, -0.2) is 23.5 Å². The number of hydrogen-bond donors (Lipinski definition) is 3. The average Bonchev–Trinajstić information content (AvgIpc) is 3.14. The molecule has 7 nitrogen and oxygen atoms in total. The van der Waals surface area contributed by atoms with Crippen molar-refractivity contribution in [1.82, 2.24) is 4.98 Å². The monoisotopic (exact) mass is 400 g/mol. The number of rotatable bonds is 6. The molecular weight excluding hydrogens is 383 g/mol. The minimum Gasteiger partial charge on any atom is -0.492 e. The van der Waals surface area contributed by atoms with Gasteiger partial charge in [0.15, 0.2) is 5.13 Å². The summed E-state index contributed by atoms with van der Waals surface area (Å²) in [7, 11) is 0. The van der Waals surface area contributed by atoms with Crippen LogP contribution < -0.4 is 20.7 Å². The van der Waals surface area contributed by atoms with Gasteiger partial charge in [0.1, 0.15) is 17.3 Å². The summed E-state index contributed by atoms with van der Waals surface area (Å²) in [6.45, 7) is 2.33. The van der Waals surface area contributed by atoms with Gasteiger partial charge < -0.3 is 15.4 Å². The second-order valence-electron chi connectivity index (χ2n) is 5.51. The number of amides is 3. The molecule has 0 bridgehead atoms. The van der Waals surface area contributed by atoms with Crippen LogP contribution in [0.5, 0.6) is 5.75 Å². The van der Waals surface area contributed by atoms with Crippen LogP contribution in [0.2, 0.25) is 0 Å². The SMILES string of the molecule is CCOc1ccccc1NC(=O)c1csc(NC(=O)Nc2ccc(F)cc2)n1. The third-order valence-corrected chi connectivity index (χ3v) is 4.25. The van der Waals surface area contributed by atoms with E-state index < -0.39 is 17.8 Å². The molecular formula is C19H17FN4O3S. The number of nitrogens with one attached hydrogen (secondary N) is 3. The van der Waals surface area contributed by atoms with Gasteiger partial charge in [0.05, 0.1) is 12.3 Å². The first kappa shape index (κ1) is 19.3. The molecule has 3 rings (SSSR count). The quantitative estimate of drug-likeness (QED) is 0.565. The number of halogens is 1. The summed E-state index contributed by atoms with van der Waals surface area (Å²) in [6.07, 6.45) is 0. The largest absolute Gasteiger partial charge is 0.492 e. The Morgan fingerprint density at radius 2 is 1.82 bits per heavy atom. The molecule has 0 fully saturated rings. The molecule has 0 saturated carbocycles. The molecule has 0 unspecified atom stereocenters. The van der Waals surface area contributed by atoms with Crippen molar-refractivity contribution in [3.05, 3.63) is 65.4 Å². The summed E-state index contributed by atoms with van der Waals surface area (Å²) in [5.41, 5.74) is 1.13. The maximum Gasteiger partial charge on any atom is 0.325 e. The van der Waals surface area contributed by atoms with Crippen molar-refractivity contribution in [1.29, 1.82) is 0 Å². The topological polar surface area (TPSA) is 92.4 Å². The molecule has 3 N–H and O–H groups in total. The second-order valence-corrected chi connectivity index (χ2v) is 6.37. The highest BCUT2D eigenvalue weighted by molar-refractivity contribution is 7.14. The summed E-state index contributed by atoms with van der Waals surface area (Å²) in [5.74, 6) is -0.256. The number of ether oxygens (including phenoxy) is 1. The number of urea groups is 1. The Kier molecular flexibility index (Phi) is 6.18. The van der Waals surface area contributed by atoms with Crippen LogP contribution in [-0.2, 0) is 0 Å². The first-order chi connectivity index (χ1) is 13.5. The number of nitrogens with zero attached hydrogens (tertiary/aromatic N) is 1. The Hall–Kier alpha value is -3.46. The molecule has 0 saturated heterocycles. The fraction of sp³-hybridized carbons (Fsp3) is 0.105. The van der Waals surface area contributed by atoms with Crippen molar-refractivity contribution in [3.8, 4) is 5.75 Å². The predicted octanol–water partition coefficient (Wildman–Crippen LogP) is 4.58. The maximum atomic E-state index is 12.9. The van der Waals surface area contributed by atoms with Crippen molar-refractivity contribution < 1.29 is 18.7 Å². The van der Waals surface area contributed by atoms with Crippen molar-refractivity contribution >= 4 is 39.8 Å². The molecule has 9 heteroatoms. The Labute approximate surface area is 164 Å². The number of hydrogen-bond acceptors (Lipinski definition) is 5. The Bertz CT molecular complexity index is 975. The third kappa shape index (κ3) is 5.04. The number of para-hydroxylation sites is 2. The van der Waals surface area contributed by atoms with E-state index in [1.165, 1.54) is 29.6 Å². The van der Waals surface area contributed by atoms with Crippen LogP contribution in [0.1, 0.15) is 17.4 Å². The van der Waals surface area contributed by atoms with Gasteiger partial charge >= 0.3 is 6.03 Å². The molecule has 0 aliphatic rings. The van der Waals surface area contributed by atoms with Crippen LogP contribution >= 0.6 is 11.3 Å². The van der Waals surface area contributed by atoms with Gasteiger partial charge in [-0.1, -0.05) is 12.1 Å². The van der Waals surface area contributed by atoms with Gasteiger partial charge in [-0.05, 0) is 43.3 Å². The highest BCUT2D eigenvalue weighted by Crippen LogP contribution is 2.25. The second kappa shape index (κ2) is 8.96. The molecule has 0 atom stereocenters. The lowest BCUT2D eigenvalue weighted by molar-refractivity contribution is 0.102. The first-order valence-corrected chi connectivity index (χ1v) is 9.25. The van der Waals surface area contributed by atoms with E-state index in [4.69, 9.17) is 4.74 Å². The van der Waals surface area contributed by atoms with E-state index in [1.807, 2.05) is 13.0 Å². The zero-order valence-corrected chi connectivity index (χ0v) is 15.7. The molecule has 28 heavy (non-hydrogen) atoms. The van der Waals surface area contributed by atoms with Gasteiger partial charge in [-0.3, -0.25) is 10.1 Å². The predicted molar refractivity (Wildman–Crippen MR) is 107 cm³/mol. The lowest BCUT2D eigenvalue weighted by Gasteiger charge is -2.10. The van der Waals surface area contributed by atoms with E-state index in [2.05, 4.69) is 20.9 Å². The number of anilines is 3. The smallest absolute Gasteiger partial charge is 0.325 e. The maximum absolute atomic E-state index is 12.9. The Morgan fingerprint density at radius 1 is 1.07 bits per heavy atom. The highest BCUT2D eigenvalue weighted by atomic mass is 32.1. The lowest BCUT2D eigenvalue weighted by Crippen LogP contribution is -2.19. The molecule has 144 valence electrons. The van der Waals surface area contributed by atoms with Gasteiger partial charge in [0.25, 0.3) is 5.91 Å². The van der Waals surface area contributed by atoms with Crippen LogP contribution in [0.3, 0.4) is 0 Å². The van der Waals surface area contributed by atoms with Crippen LogP contribution in [0.4, 0.5) is 25.7 Å². The molecule has 3 amide bonds. The van der Waals surface area contributed by atoms with Crippen molar-refractivity contribution in [2.75, 3.05) is 22.6 Å². The zero-order chi connectivity index (χ0) is 19.9. The molecule has 0 radical (unpaired) electrons. The first-order valence-electron chi connectivity index (χ1n) is 8.37. The van der Waals surface area contributed by atoms with E-state index in [9.17, 15) is 14.0 Å². The van der Waals surface area contributed by atoms with E-state index in [0.717, 1.165) is 11.3 Å². The van der Waals surface area contributed by atoms with E-state index in [-0.39, 0.29) is 10.8 Å². The lowest BCUT2D eigenvalue weighted by atomic mass is 10.3. The number of carbonyl (C=O) groups is 2. The van der Waals surface area contributed by atoms with E-state index in [1.54, 1.807) is 18.2 Å². The molecule has 3 aromatic rings. The van der Waals surface area contributed by atoms with Crippen LogP contribution in [0.15, 0.2) is 53.9 Å². The van der Waals surface area contributed by atoms with Gasteiger partial charge in [-0.2, -0.15) is 0 Å². The van der Waals surface area contributed by atoms with Gasteiger partial charge in [-0.25, -0.2) is 14.2 Å². The minimum absolute atomic E-state index is 0.161. The standard InChI is InChI=1S/C19H17FN4O3S/c1-2-27-16-6-4-3-5-14(16)22-17(25)15-11-28-19(23-15)24-18(26)21-13-9-7-12(20)8-10-13/h3-11H,2H2,1H3,(H,22,25)(H2,21,23,24,26). The van der Waals surface area contributed by atoms with Crippen molar-refractivity contribution in [2.45, 2.75) is 6.92 Å². The Balaban J connectivity index is 1.61. The molecule has 0 aliphatic heterocycles. The number of thiazole rings is 1. The molecule has 1 aromatic heterocycles. The number of benzene rings is 2. The average molecular weight is 400 g/mol. The summed E-state index contributed by atoms with van der Waals surface area (Å²) in [4.78, 5) is 28.5. The fourth-order valence-corrected chi connectivity index (χ4v) is 2.95.